The zero-order chi connectivity index (χ0) is 2.71. The van der Waals surface area contributed by atoms with E-state index < -0.39 is 0 Å². The average molecular weight is 282 g/mol. The summed E-state index contributed by atoms with van der Waals surface area (Å²) >= 11 is 8.53. The van der Waals surface area contributed by atoms with Gasteiger partial charge in [0.2, 0.25) is 0 Å². The predicted molar refractivity (Wildman–Crippen MR) is 20.5 cm³/mol. The van der Waals surface area contributed by atoms with Crippen LogP contribution in [0, 0.1) is 0 Å². The molecule has 70 valence electrons. The minimum Gasteiger partial charge on any atom is -0.870 e. The van der Waals surface area contributed by atoms with E-state index in [-0.39, 0.29) is 56.0 Å². The second kappa shape index (κ2) is 114. The molecule has 0 aliphatic heterocycles. The Balaban J connectivity index is -0.00000000133. The van der Waals surface area contributed by atoms with Crippen molar-refractivity contribution in [3.63, 3.8) is 0 Å². The van der Waals surface area contributed by atoms with Gasteiger partial charge in [0.25, 0.3) is 0 Å². The minimum atomic E-state index is 0. The molecule has 0 aromatic rings. The Morgan fingerprint density at radius 1 is 0.667 bits per heavy atom. The van der Waals surface area contributed by atoms with Crippen molar-refractivity contribution in [2.24, 2.45) is 0 Å². The fourth-order valence-corrected chi connectivity index (χ4v) is 0. The van der Waals surface area contributed by atoms with Crippen LogP contribution >= 0.6 is 23.7 Å². The molecule has 0 saturated carbocycles. The monoisotopic (exact) mass is 280 g/mol. The van der Waals surface area contributed by atoms with Crippen LogP contribution in [0.15, 0.2) is 0 Å². The van der Waals surface area contributed by atoms with Crippen molar-refractivity contribution in [3.05, 3.63) is 0 Å². The van der Waals surface area contributed by atoms with Crippen LogP contribution in [0.1, 0.15) is 0 Å². The topological polar surface area (TPSA) is 129 Å². The van der Waals surface area contributed by atoms with Crippen molar-refractivity contribution in [3.8, 4) is 0 Å². The van der Waals surface area contributed by atoms with Crippen LogP contribution in [0.4, 0.5) is 0 Å². The number of rotatable bonds is 0. The quantitative estimate of drug-likeness (QED) is 0.600. The van der Waals surface area contributed by atoms with Gasteiger partial charge in [-0.25, -0.2) is 0 Å². The van der Waals surface area contributed by atoms with Crippen LogP contribution in [0.2, 0.25) is 0 Å². The van der Waals surface area contributed by atoms with Crippen LogP contribution < -0.4 is 0 Å². The molecule has 0 aromatic carbocycles. The van der Waals surface area contributed by atoms with E-state index in [4.69, 9.17) is 0 Å². The Labute approximate surface area is 83.6 Å². The third-order valence-corrected chi connectivity index (χ3v) is 0. The summed E-state index contributed by atoms with van der Waals surface area (Å²) in [6.07, 6.45) is 0. The van der Waals surface area contributed by atoms with Gasteiger partial charge < -0.3 is 21.9 Å². The summed E-state index contributed by atoms with van der Waals surface area (Å²) in [4.78, 5) is 0. The molecule has 0 saturated heterocycles. The summed E-state index contributed by atoms with van der Waals surface area (Å²) in [5.41, 5.74) is 0. The maximum absolute atomic E-state index is 4.26. The first-order valence-electron chi connectivity index (χ1n) is 0.309. The molecule has 5 nitrogen and oxygen atoms in total. The number of hydrogen-bond donors (Lipinski definition) is 0. The maximum Gasteiger partial charge on any atom is 2.00 e. The summed E-state index contributed by atoms with van der Waals surface area (Å²) in [6.45, 7) is 0. The molecule has 0 rings (SSSR count). The van der Waals surface area contributed by atoms with Crippen LogP contribution in [0.3, 0.4) is 0 Å². The normalized spacial score (nSPS) is 2.00. The van der Waals surface area contributed by atoms with Crippen molar-refractivity contribution < 1.29 is 59.9 Å². The molecule has 0 heterocycles. The summed E-state index contributed by atoms with van der Waals surface area (Å²) < 4.78 is 3.19. The Hall–Kier alpha value is 1.42. The van der Waals surface area contributed by atoms with E-state index in [1.165, 1.54) is 0 Å². The number of halogens is 2. The van der Waals surface area contributed by atoms with Gasteiger partial charge in [-0.2, -0.15) is 3.84 Å². The fourth-order valence-electron chi connectivity index (χ4n) is 0. The molecule has 0 aliphatic rings. The standard InChI is InChI=1S/Cl2O.2Cu.4H2O/c1-3-2;;;;;;/h;;;4*1H2/q;2*+2;;;;/p-4. The molecule has 9 heavy (non-hydrogen) atoms. The molecule has 0 atom stereocenters. The Bertz CT molecular complexity index is 12.9. The van der Waals surface area contributed by atoms with E-state index in [9.17, 15) is 0 Å². The van der Waals surface area contributed by atoms with Gasteiger partial charge in [-0.3, -0.25) is 0 Å². The van der Waals surface area contributed by atoms with E-state index in [1.807, 2.05) is 0 Å². The van der Waals surface area contributed by atoms with E-state index in [0.717, 1.165) is 0 Å². The van der Waals surface area contributed by atoms with E-state index >= 15 is 0 Å². The third kappa shape index (κ3) is 257. The molecule has 0 bridgehead atoms. The van der Waals surface area contributed by atoms with Crippen molar-refractivity contribution in [1.29, 1.82) is 0 Å². The minimum absolute atomic E-state index is 0. The van der Waals surface area contributed by atoms with E-state index in [2.05, 4.69) is 27.6 Å². The Morgan fingerprint density at radius 3 is 0.667 bits per heavy atom. The van der Waals surface area contributed by atoms with E-state index in [1.54, 1.807) is 0 Å². The van der Waals surface area contributed by atoms with Crippen molar-refractivity contribution in [2.75, 3.05) is 0 Å². The molecule has 9 heteroatoms. The molecule has 0 aliphatic carbocycles. The van der Waals surface area contributed by atoms with Gasteiger partial charge in [0.15, 0.2) is 0 Å². The molecular formula is H4Cl2Cu2O5. The van der Waals surface area contributed by atoms with Crippen molar-refractivity contribution >= 4 is 23.7 Å². The van der Waals surface area contributed by atoms with Crippen LogP contribution in [-0.2, 0) is 38.0 Å². The second-order valence-electron chi connectivity index (χ2n) is 0.0583. The van der Waals surface area contributed by atoms with Gasteiger partial charge in [0.05, 0.1) is 23.7 Å². The molecule has 0 unspecified atom stereocenters. The zero-order valence-corrected chi connectivity index (χ0v) is 6.95. The molecule has 0 fully saturated rings. The first-order chi connectivity index (χ1) is 1.41. The summed E-state index contributed by atoms with van der Waals surface area (Å²) in [5, 5.41) is 0. The maximum atomic E-state index is 4.26. The van der Waals surface area contributed by atoms with E-state index in [0.29, 0.717) is 0 Å². The van der Waals surface area contributed by atoms with Crippen molar-refractivity contribution in [2.45, 2.75) is 0 Å². The molecule has 0 spiro atoms. The Morgan fingerprint density at radius 2 is 0.667 bits per heavy atom. The van der Waals surface area contributed by atoms with Gasteiger partial charge >= 0.3 is 34.1 Å². The van der Waals surface area contributed by atoms with Gasteiger partial charge in [-0.05, 0) is 0 Å². The molecule has 0 amide bonds. The van der Waals surface area contributed by atoms with Crippen LogP contribution in [0.25, 0.3) is 0 Å². The Kier molecular flexibility index (Phi) is 1000. The largest absolute Gasteiger partial charge is 2.00 e. The summed E-state index contributed by atoms with van der Waals surface area (Å²) in [6, 6.07) is 0. The molecule has 0 aromatic heterocycles. The van der Waals surface area contributed by atoms with Crippen LogP contribution in [0.5, 0.6) is 0 Å². The summed E-state index contributed by atoms with van der Waals surface area (Å²) in [7, 11) is 0. The predicted octanol–water partition coefficient (Wildman–Crippen LogP) is 0.598. The van der Waals surface area contributed by atoms with Gasteiger partial charge in [0, 0.05) is 0 Å². The smallest absolute Gasteiger partial charge is 0.870 e. The summed E-state index contributed by atoms with van der Waals surface area (Å²) in [5.74, 6) is 0. The van der Waals surface area contributed by atoms with Crippen molar-refractivity contribution in [1.82, 2.24) is 0 Å². The third-order valence-electron chi connectivity index (χ3n) is 0. The molecule has 4 N–H and O–H groups in total. The van der Waals surface area contributed by atoms with Gasteiger partial charge in [-0.1, -0.05) is 0 Å². The SMILES string of the molecule is ClOCl.[Cu+2].[Cu+2].[OH-].[OH-].[OH-].[OH-]. The molecule has 2 radical (unpaired) electrons. The first kappa shape index (κ1) is 79.1. The molecular weight excluding hydrogens is 278 g/mol. The second-order valence-corrected chi connectivity index (χ2v) is 0.525. The van der Waals surface area contributed by atoms with Crippen LogP contribution in [-0.4, -0.2) is 21.9 Å². The fraction of sp³-hybridized carbons (Fsp3) is 0. The zero-order valence-electron chi connectivity index (χ0n) is 3.56. The number of hydrogen-bond acceptors (Lipinski definition) is 5. The average Bonchev–Trinajstić information content (AvgIpc) is 0.918. The van der Waals surface area contributed by atoms with Gasteiger partial charge in [0.1, 0.15) is 0 Å². The van der Waals surface area contributed by atoms with Gasteiger partial charge in [-0.15, -0.1) is 0 Å². The first-order valence-corrected chi connectivity index (χ1v) is 0.926.